The fourth-order valence-corrected chi connectivity index (χ4v) is 6.26. The van der Waals surface area contributed by atoms with Gasteiger partial charge >= 0.3 is 0 Å². The van der Waals surface area contributed by atoms with Gasteiger partial charge in [0, 0.05) is 5.92 Å². The highest BCUT2D eigenvalue weighted by atomic mass is 16.3. The fraction of sp³-hybridized carbons (Fsp3) is 0.762. The van der Waals surface area contributed by atoms with E-state index < -0.39 is 0 Å². The van der Waals surface area contributed by atoms with Crippen molar-refractivity contribution >= 4 is 5.78 Å². The first-order valence-electron chi connectivity index (χ1n) is 9.45. The van der Waals surface area contributed by atoms with Crippen molar-refractivity contribution in [2.75, 3.05) is 0 Å². The van der Waals surface area contributed by atoms with Gasteiger partial charge in [-0.15, -0.1) is 0 Å². The van der Waals surface area contributed by atoms with Crippen molar-refractivity contribution in [3.05, 3.63) is 24.2 Å². The molecule has 3 nitrogen and oxygen atoms in total. The number of fused-ring (bicyclic) bond motifs is 1. The minimum absolute atomic E-state index is 0.0120. The third-order valence-corrected chi connectivity index (χ3v) is 7.15. The molecule has 0 radical (unpaired) electrons. The number of hydrogen-bond acceptors (Lipinski definition) is 3. The highest BCUT2D eigenvalue weighted by Gasteiger charge is 2.58. The first-order chi connectivity index (χ1) is 11.3. The van der Waals surface area contributed by atoms with Crippen LogP contribution in [0, 0.1) is 28.6 Å². The second-order valence-corrected chi connectivity index (χ2v) is 9.12. The molecular weight excluding hydrogens is 300 g/mol. The SMILES string of the molecule is CC(=O)C1CC(O)C2C(C)(C)CCCC2(C)C1CCc1ccoc1. The average Bonchev–Trinajstić information content (AvgIpc) is 2.97. The molecule has 1 heterocycles. The lowest BCUT2D eigenvalue weighted by Gasteiger charge is -2.61. The van der Waals surface area contributed by atoms with E-state index in [9.17, 15) is 9.90 Å². The largest absolute Gasteiger partial charge is 0.472 e. The van der Waals surface area contributed by atoms with Crippen LogP contribution in [0.4, 0.5) is 0 Å². The number of aryl methyl sites for hydroxylation is 1. The Morgan fingerprint density at radius 2 is 2.08 bits per heavy atom. The zero-order chi connectivity index (χ0) is 17.5. The van der Waals surface area contributed by atoms with Crippen LogP contribution in [0.1, 0.15) is 65.4 Å². The van der Waals surface area contributed by atoms with Gasteiger partial charge in [0.25, 0.3) is 0 Å². The molecule has 1 N–H and O–H groups in total. The van der Waals surface area contributed by atoms with E-state index in [0.717, 1.165) is 19.3 Å². The zero-order valence-corrected chi connectivity index (χ0v) is 15.5. The molecule has 0 aromatic carbocycles. The summed E-state index contributed by atoms with van der Waals surface area (Å²) in [4.78, 5) is 12.4. The molecule has 2 fully saturated rings. The number of ketones is 1. The van der Waals surface area contributed by atoms with E-state index in [1.54, 1.807) is 13.2 Å². The second kappa shape index (κ2) is 6.33. The second-order valence-electron chi connectivity index (χ2n) is 9.12. The molecule has 24 heavy (non-hydrogen) atoms. The number of carbonyl (C=O) groups is 1. The van der Waals surface area contributed by atoms with Crippen LogP contribution in [-0.4, -0.2) is 17.0 Å². The quantitative estimate of drug-likeness (QED) is 0.874. The number of carbonyl (C=O) groups excluding carboxylic acids is 1. The molecule has 0 saturated heterocycles. The van der Waals surface area contributed by atoms with Gasteiger partial charge in [-0.25, -0.2) is 0 Å². The molecular formula is C21H32O3. The van der Waals surface area contributed by atoms with E-state index in [1.807, 2.05) is 12.3 Å². The number of furan rings is 1. The molecule has 134 valence electrons. The molecule has 0 aliphatic heterocycles. The van der Waals surface area contributed by atoms with Crippen molar-refractivity contribution in [3.63, 3.8) is 0 Å². The normalized spacial score (nSPS) is 38.5. The van der Waals surface area contributed by atoms with E-state index in [1.165, 1.54) is 18.4 Å². The number of aliphatic hydroxyl groups is 1. The predicted octanol–water partition coefficient (Wildman–Crippen LogP) is 4.63. The summed E-state index contributed by atoms with van der Waals surface area (Å²) in [6.45, 7) is 8.66. The smallest absolute Gasteiger partial charge is 0.133 e. The zero-order valence-electron chi connectivity index (χ0n) is 15.5. The van der Waals surface area contributed by atoms with Crippen molar-refractivity contribution in [3.8, 4) is 0 Å². The molecule has 2 saturated carbocycles. The van der Waals surface area contributed by atoms with E-state index in [4.69, 9.17) is 4.42 Å². The van der Waals surface area contributed by atoms with E-state index in [-0.39, 0.29) is 34.6 Å². The summed E-state index contributed by atoms with van der Waals surface area (Å²) in [6, 6.07) is 2.02. The van der Waals surface area contributed by atoms with Crippen LogP contribution in [0.15, 0.2) is 23.0 Å². The Balaban J connectivity index is 1.92. The topological polar surface area (TPSA) is 50.4 Å². The van der Waals surface area contributed by atoms with E-state index in [2.05, 4.69) is 20.8 Å². The Kier molecular flexibility index (Phi) is 4.67. The molecule has 0 bridgehead atoms. The molecule has 3 heteroatoms. The minimum atomic E-state index is -0.357. The summed E-state index contributed by atoms with van der Waals surface area (Å²) in [5.41, 5.74) is 1.39. The maximum absolute atomic E-state index is 12.4. The summed E-state index contributed by atoms with van der Waals surface area (Å²) in [6.07, 6.45) is 9.24. The fourth-order valence-electron chi connectivity index (χ4n) is 6.26. The summed E-state index contributed by atoms with van der Waals surface area (Å²) >= 11 is 0. The number of aliphatic hydroxyl groups excluding tert-OH is 1. The minimum Gasteiger partial charge on any atom is -0.472 e. The van der Waals surface area contributed by atoms with Gasteiger partial charge in [-0.05, 0) is 73.3 Å². The molecule has 0 spiro atoms. The third-order valence-electron chi connectivity index (χ3n) is 7.15. The molecule has 5 unspecified atom stereocenters. The number of hydrogen-bond donors (Lipinski definition) is 1. The summed E-state index contributed by atoms with van der Waals surface area (Å²) < 4.78 is 5.20. The molecule has 1 aromatic heterocycles. The predicted molar refractivity (Wildman–Crippen MR) is 94.5 cm³/mol. The van der Waals surface area contributed by atoms with Crippen LogP contribution in [0.2, 0.25) is 0 Å². The van der Waals surface area contributed by atoms with Crippen LogP contribution >= 0.6 is 0 Å². The van der Waals surface area contributed by atoms with Gasteiger partial charge in [-0.3, -0.25) is 4.79 Å². The van der Waals surface area contributed by atoms with Crippen LogP contribution in [-0.2, 0) is 11.2 Å². The summed E-state index contributed by atoms with van der Waals surface area (Å²) in [5.74, 6) is 0.859. The Morgan fingerprint density at radius 3 is 2.71 bits per heavy atom. The monoisotopic (exact) mass is 332 g/mol. The van der Waals surface area contributed by atoms with Crippen LogP contribution in [0.3, 0.4) is 0 Å². The Bertz CT molecular complexity index is 574. The van der Waals surface area contributed by atoms with Crippen molar-refractivity contribution < 1.29 is 14.3 Å². The standard InChI is InChI=1S/C21H32O3/c1-14(22)16-12-18(23)19-20(2,3)9-5-10-21(19,4)17(16)7-6-15-8-11-24-13-15/h8,11,13,16-19,23H,5-7,9-10,12H2,1-4H3. The lowest BCUT2D eigenvalue weighted by atomic mass is 9.44. The number of Topliss-reactive ketones (excluding diaryl/α,β-unsaturated/α-hetero) is 1. The Hall–Kier alpha value is -1.09. The Labute approximate surface area is 145 Å². The third kappa shape index (κ3) is 2.96. The van der Waals surface area contributed by atoms with Crippen LogP contribution in [0.25, 0.3) is 0 Å². The maximum Gasteiger partial charge on any atom is 0.133 e. The van der Waals surface area contributed by atoms with Crippen molar-refractivity contribution in [1.82, 2.24) is 0 Å². The number of rotatable bonds is 4. The van der Waals surface area contributed by atoms with Gasteiger partial charge in [-0.1, -0.05) is 27.2 Å². The molecule has 0 amide bonds. The van der Waals surface area contributed by atoms with Crippen LogP contribution < -0.4 is 0 Å². The highest BCUT2D eigenvalue weighted by Crippen LogP contribution is 2.62. The van der Waals surface area contributed by atoms with Crippen molar-refractivity contribution in [2.45, 2.75) is 72.3 Å². The van der Waals surface area contributed by atoms with Gasteiger partial charge < -0.3 is 9.52 Å². The van der Waals surface area contributed by atoms with Crippen molar-refractivity contribution in [1.29, 1.82) is 0 Å². The van der Waals surface area contributed by atoms with Crippen LogP contribution in [0.5, 0.6) is 0 Å². The van der Waals surface area contributed by atoms with Gasteiger partial charge in [-0.2, -0.15) is 0 Å². The lowest BCUT2D eigenvalue weighted by molar-refractivity contribution is -0.169. The molecule has 1 aromatic rings. The van der Waals surface area contributed by atoms with Gasteiger partial charge in [0.05, 0.1) is 18.6 Å². The van der Waals surface area contributed by atoms with Crippen molar-refractivity contribution in [2.24, 2.45) is 28.6 Å². The molecule has 2 aliphatic rings. The lowest BCUT2D eigenvalue weighted by Crippen LogP contribution is -2.58. The first kappa shape index (κ1) is 17.7. The molecule has 5 atom stereocenters. The Morgan fingerprint density at radius 1 is 1.33 bits per heavy atom. The van der Waals surface area contributed by atoms with Gasteiger partial charge in [0.1, 0.15) is 5.78 Å². The summed E-state index contributed by atoms with van der Waals surface area (Å²) in [5, 5.41) is 10.9. The van der Waals surface area contributed by atoms with E-state index in [0.29, 0.717) is 12.3 Å². The maximum atomic E-state index is 12.4. The van der Waals surface area contributed by atoms with E-state index >= 15 is 0 Å². The molecule has 2 aliphatic carbocycles. The highest BCUT2D eigenvalue weighted by molar-refractivity contribution is 5.79. The molecule has 3 rings (SSSR count). The average molecular weight is 332 g/mol. The first-order valence-corrected chi connectivity index (χ1v) is 9.45. The van der Waals surface area contributed by atoms with Gasteiger partial charge in [0.2, 0.25) is 0 Å². The summed E-state index contributed by atoms with van der Waals surface area (Å²) in [7, 11) is 0. The van der Waals surface area contributed by atoms with Gasteiger partial charge in [0.15, 0.2) is 0 Å².